The molecular weight excluding hydrogens is 340 g/mol. The molecule has 0 radical (unpaired) electrons. The van der Waals surface area contributed by atoms with E-state index in [0.29, 0.717) is 43.5 Å². The number of carbonyl (C=O) groups excluding carboxylic acids is 2. The lowest BCUT2D eigenvalue weighted by Gasteiger charge is -2.31. The summed E-state index contributed by atoms with van der Waals surface area (Å²) in [6.45, 7) is 5.72. The standard InChI is InChI=1S/C19H27ClN2O3/c1-14(2)13-25-19(24)22-11-9-17(10-12-22)21-18(23)8-5-15-3-6-16(20)7-4-15/h3-4,6-7,14,17H,5,8-13H2,1-2H3,(H,21,23). The third-order valence-corrected chi connectivity index (χ3v) is 4.46. The van der Waals surface area contributed by atoms with Gasteiger partial charge in [0.1, 0.15) is 0 Å². The van der Waals surface area contributed by atoms with Gasteiger partial charge in [-0.05, 0) is 42.9 Å². The maximum atomic E-state index is 12.1. The van der Waals surface area contributed by atoms with Crippen LogP contribution in [0.15, 0.2) is 24.3 Å². The van der Waals surface area contributed by atoms with Gasteiger partial charge in [-0.25, -0.2) is 4.79 Å². The topological polar surface area (TPSA) is 58.6 Å². The summed E-state index contributed by atoms with van der Waals surface area (Å²) in [4.78, 5) is 25.7. The van der Waals surface area contributed by atoms with Crippen LogP contribution in [-0.4, -0.2) is 42.6 Å². The molecule has 1 N–H and O–H groups in total. The molecule has 0 spiro atoms. The summed E-state index contributed by atoms with van der Waals surface area (Å²) in [5.74, 6) is 0.386. The number of amides is 2. The molecule has 1 aliphatic heterocycles. The number of aryl methyl sites for hydroxylation is 1. The first-order chi connectivity index (χ1) is 11.9. The van der Waals surface area contributed by atoms with Crippen molar-refractivity contribution >= 4 is 23.6 Å². The average molecular weight is 367 g/mol. The molecule has 2 rings (SSSR count). The molecule has 0 unspecified atom stereocenters. The van der Waals surface area contributed by atoms with Crippen molar-refractivity contribution in [1.29, 1.82) is 0 Å². The summed E-state index contributed by atoms with van der Waals surface area (Å²) in [5, 5.41) is 3.77. The molecule has 0 aliphatic carbocycles. The third-order valence-electron chi connectivity index (χ3n) is 4.21. The van der Waals surface area contributed by atoms with Crippen molar-refractivity contribution in [2.75, 3.05) is 19.7 Å². The highest BCUT2D eigenvalue weighted by molar-refractivity contribution is 6.30. The molecule has 25 heavy (non-hydrogen) atoms. The van der Waals surface area contributed by atoms with Gasteiger partial charge in [-0.3, -0.25) is 4.79 Å². The fraction of sp³-hybridized carbons (Fsp3) is 0.579. The summed E-state index contributed by atoms with van der Waals surface area (Å²) in [6.07, 6.45) is 2.44. The molecule has 1 heterocycles. The van der Waals surface area contributed by atoms with E-state index >= 15 is 0 Å². The maximum Gasteiger partial charge on any atom is 0.409 e. The molecule has 2 amide bonds. The van der Waals surface area contributed by atoms with Crippen LogP contribution in [0.2, 0.25) is 5.02 Å². The molecule has 6 heteroatoms. The summed E-state index contributed by atoms with van der Waals surface area (Å²) >= 11 is 5.86. The van der Waals surface area contributed by atoms with E-state index < -0.39 is 0 Å². The Morgan fingerprint density at radius 3 is 2.48 bits per heavy atom. The highest BCUT2D eigenvalue weighted by atomic mass is 35.5. The Kier molecular flexibility index (Phi) is 7.56. The van der Waals surface area contributed by atoms with Crippen LogP contribution in [0.1, 0.15) is 38.7 Å². The number of hydrogen-bond donors (Lipinski definition) is 1. The molecular formula is C19H27ClN2O3. The molecule has 1 saturated heterocycles. The van der Waals surface area contributed by atoms with Crippen LogP contribution in [0.5, 0.6) is 0 Å². The summed E-state index contributed by atoms with van der Waals surface area (Å²) in [6, 6.07) is 7.69. The Balaban J connectivity index is 1.66. The van der Waals surface area contributed by atoms with Gasteiger partial charge < -0.3 is 15.0 Å². The first kappa shape index (κ1) is 19.6. The van der Waals surface area contributed by atoms with Crippen LogP contribution in [0.4, 0.5) is 4.79 Å². The Morgan fingerprint density at radius 1 is 1.24 bits per heavy atom. The van der Waals surface area contributed by atoms with E-state index in [1.165, 1.54) is 0 Å². The fourth-order valence-corrected chi connectivity index (χ4v) is 2.87. The number of nitrogens with zero attached hydrogens (tertiary/aromatic N) is 1. The molecule has 0 bridgehead atoms. The van der Waals surface area contributed by atoms with Gasteiger partial charge in [0, 0.05) is 30.6 Å². The van der Waals surface area contributed by atoms with E-state index in [-0.39, 0.29) is 18.0 Å². The second-order valence-electron chi connectivity index (χ2n) is 6.93. The van der Waals surface area contributed by atoms with E-state index in [2.05, 4.69) is 5.32 Å². The number of hydrogen-bond acceptors (Lipinski definition) is 3. The quantitative estimate of drug-likeness (QED) is 0.836. The predicted molar refractivity (Wildman–Crippen MR) is 98.7 cm³/mol. The largest absolute Gasteiger partial charge is 0.449 e. The van der Waals surface area contributed by atoms with E-state index in [4.69, 9.17) is 16.3 Å². The van der Waals surface area contributed by atoms with E-state index in [9.17, 15) is 9.59 Å². The molecule has 5 nitrogen and oxygen atoms in total. The maximum absolute atomic E-state index is 12.1. The number of rotatable bonds is 6. The highest BCUT2D eigenvalue weighted by Crippen LogP contribution is 2.13. The second-order valence-corrected chi connectivity index (χ2v) is 7.36. The zero-order valence-corrected chi connectivity index (χ0v) is 15.7. The van der Waals surface area contributed by atoms with Crippen molar-refractivity contribution in [3.63, 3.8) is 0 Å². The zero-order chi connectivity index (χ0) is 18.2. The minimum atomic E-state index is -0.249. The number of nitrogens with one attached hydrogen (secondary N) is 1. The Hall–Kier alpha value is -1.75. The van der Waals surface area contributed by atoms with Gasteiger partial charge in [0.05, 0.1) is 6.61 Å². The number of carbonyl (C=O) groups is 2. The van der Waals surface area contributed by atoms with Crippen molar-refractivity contribution in [1.82, 2.24) is 10.2 Å². The Morgan fingerprint density at radius 2 is 1.88 bits per heavy atom. The summed E-state index contributed by atoms with van der Waals surface area (Å²) < 4.78 is 5.25. The van der Waals surface area contributed by atoms with Gasteiger partial charge in [-0.1, -0.05) is 37.6 Å². The van der Waals surface area contributed by atoms with Crippen LogP contribution in [0, 0.1) is 5.92 Å². The van der Waals surface area contributed by atoms with Crippen molar-refractivity contribution in [3.05, 3.63) is 34.9 Å². The third kappa shape index (κ3) is 6.94. The molecule has 0 aromatic heterocycles. The Labute approximate surface area is 154 Å². The Bertz CT molecular complexity index is 567. The molecule has 1 aliphatic rings. The summed E-state index contributed by atoms with van der Waals surface area (Å²) in [5.41, 5.74) is 1.10. The monoisotopic (exact) mass is 366 g/mol. The minimum absolute atomic E-state index is 0.0517. The van der Waals surface area contributed by atoms with Crippen LogP contribution in [0.3, 0.4) is 0 Å². The van der Waals surface area contributed by atoms with Gasteiger partial charge in [0.25, 0.3) is 0 Å². The minimum Gasteiger partial charge on any atom is -0.449 e. The van der Waals surface area contributed by atoms with Gasteiger partial charge in [-0.15, -0.1) is 0 Å². The smallest absolute Gasteiger partial charge is 0.409 e. The lowest BCUT2D eigenvalue weighted by molar-refractivity contribution is -0.122. The van der Waals surface area contributed by atoms with Crippen LogP contribution in [-0.2, 0) is 16.0 Å². The first-order valence-corrected chi connectivity index (χ1v) is 9.27. The summed E-state index contributed by atoms with van der Waals surface area (Å²) in [7, 11) is 0. The number of piperidine rings is 1. The average Bonchev–Trinajstić information content (AvgIpc) is 2.60. The molecule has 0 saturated carbocycles. The van der Waals surface area contributed by atoms with E-state index in [0.717, 1.165) is 18.4 Å². The zero-order valence-electron chi connectivity index (χ0n) is 15.0. The number of benzene rings is 1. The molecule has 0 atom stereocenters. The fourth-order valence-electron chi connectivity index (χ4n) is 2.74. The number of halogens is 1. The molecule has 1 fully saturated rings. The van der Waals surface area contributed by atoms with Crippen molar-refractivity contribution in [2.24, 2.45) is 5.92 Å². The van der Waals surface area contributed by atoms with Gasteiger partial charge >= 0.3 is 6.09 Å². The molecule has 1 aromatic rings. The van der Waals surface area contributed by atoms with Crippen molar-refractivity contribution in [2.45, 2.75) is 45.6 Å². The van der Waals surface area contributed by atoms with Gasteiger partial charge in [0.2, 0.25) is 5.91 Å². The van der Waals surface area contributed by atoms with Crippen LogP contribution < -0.4 is 5.32 Å². The van der Waals surface area contributed by atoms with Crippen LogP contribution in [0.25, 0.3) is 0 Å². The number of ether oxygens (including phenoxy) is 1. The SMILES string of the molecule is CC(C)COC(=O)N1CCC(NC(=O)CCc2ccc(Cl)cc2)CC1. The van der Waals surface area contributed by atoms with Crippen LogP contribution >= 0.6 is 11.6 Å². The van der Waals surface area contributed by atoms with Gasteiger partial charge in [-0.2, -0.15) is 0 Å². The van der Waals surface area contributed by atoms with E-state index in [1.807, 2.05) is 38.1 Å². The lowest BCUT2D eigenvalue weighted by atomic mass is 10.0. The lowest BCUT2D eigenvalue weighted by Crippen LogP contribution is -2.46. The predicted octanol–water partition coefficient (Wildman–Crippen LogP) is 3.65. The number of likely N-dealkylation sites (tertiary alicyclic amines) is 1. The van der Waals surface area contributed by atoms with Crippen molar-refractivity contribution < 1.29 is 14.3 Å². The van der Waals surface area contributed by atoms with E-state index in [1.54, 1.807) is 4.90 Å². The molecule has 138 valence electrons. The normalized spacial score (nSPS) is 15.3. The highest BCUT2D eigenvalue weighted by Gasteiger charge is 2.24. The second kappa shape index (κ2) is 9.66. The van der Waals surface area contributed by atoms with Crippen molar-refractivity contribution in [3.8, 4) is 0 Å². The molecule has 1 aromatic carbocycles. The van der Waals surface area contributed by atoms with Gasteiger partial charge in [0.15, 0.2) is 0 Å². The first-order valence-electron chi connectivity index (χ1n) is 8.89.